The Labute approximate surface area is 173 Å². The van der Waals surface area contributed by atoms with Crippen molar-refractivity contribution in [1.29, 1.82) is 0 Å². The maximum Gasteiger partial charge on any atom is 0.329 e. The lowest BCUT2D eigenvalue weighted by molar-refractivity contribution is -0.136. The molecular formula is C20H21ClN4O4. The zero-order valence-electron chi connectivity index (χ0n) is 15.9. The molecule has 2 aromatic carbocycles. The van der Waals surface area contributed by atoms with Crippen LogP contribution < -0.4 is 20.8 Å². The van der Waals surface area contributed by atoms with Crippen LogP contribution >= 0.6 is 11.6 Å². The molecule has 0 saturated carbocycles. The average molecular weight is 417 g/mol. The molecule has 0 unspecified atom stereocenters. The van der Waals surface area contributed by atoms with Crippen LogP contribution in [0.15, 0.2) is 53.6 Å². The van der Waals surface area contributed by atoms with Crippen LogP contribution in [0.2, 0.25) is 5.02 Å². The van der Waals surface area contributed by atoms with Gasteiger partial charge >= 0.3 is 11.8 Å². The first-order chi connectivity index (χ1) is 13.8. The van der Waals surface area contributed by atoms with Crippen LogP contribution in [-0.2, 0) is 14.4 Å². The average Bonchev–Trinajstić information content (AvgIpc) is 2.68. The van der Waals surface area contributed by atoms with Crippen molar-refractivity contribution >= 4 is 41.2 Å². The van der Waals surface area contributed by atoms with Gasteiger partial charge in [-0.1, -0.05) is 23.7 Å². The van der Waals surface area contributed by atoms with E-state index in [9.17, 15) is 14.4 Å². The molecule has 3 amide bonds. The first-order valence-corrected chi connectivity index (χ1v) is 9.14. The third-order valence-electron chi connectivity index (χ3n) is 3.41. The molecule has 0 aliphatic heterocycles. The normalized spacial score (nSPS) is 10.6. The molecule has 9 heteroatoms. The van der Waals surface area contributed by atoms with E-state index < -0.39 is 11.8 Å². The van der Waals surface area contributed by atoms with Gasteiger partial charge < -0.3 is 15.4 Å². The van der Waals surface area contributed by atoms with E-state index in [-0.39, 0.29) is 18.6 Å². The van der Waals surface area contributed by atoms with E-state index in [4.69, 9.17) is 16.3 Å². The Kier molecular flexibility index (Phi) is 8.17. The van der Waals surface area contributed by atoms with Crippen LogP contribution in [0.5, 0.6) is 5.75 Å². The number of carbonyl (C=O) groups is 3. The number of hydrogen-bond acceptors (Lipinski definition) is 5. The molecule has 0 heterocycles. The van der Waals surface area contributed by atoms with Crippen molar-refractivity contribution in [2.75, 3.05) is 11.9 Å². The molecule has 8 nitrogen and oxygen atoms in total. The minimum Gasteiger partial charge on any atom is -0.484 e. The maximum atomic E-state index is 11.8. The summed E-state index contributed by atoms with van der Waals surface area (Å²) in [5.74, 6) is -1.51. The van der Waals surface area contributed by atoms with Gasteiger partial charge in [0.1, 0.15) is 5.75 Å². The van der Waals surface area contributed by atoms with Crippen molar-refractivity contribution in [2.45, 2.75) is 19.9 Å². The van der Waals surface area contributed by atoms with Gasteiger partial charge in [-0.05, 0) is 55.8 Å². The van der Waals surface area contributed by atoms with Crippen molar-refractivity contribution in [3.63, 3.8) is 0 Å². The Morgan fingerprint density at radius 3 is 2.41 bits per heavy atom. The lowest BCUT2D eigenvalue weighted by Crippen LogP contribution is -2.34. The molecule has 0 fully saturated rings. The van der Waals surface area contributed by atoms with Crippen molar-refractivity contribution < 1.29 is 19.1 Å². The third kappa shape index (κ3) is 7.63. The van der Waals surface area contributed by atoms with Gasteiger partial charge in [0, 0.05) is 6.04 Å². The lowest BCUT2D eigenvalue weighted by atomic mass is 10.2. The Hall–Kier alpha value is -3.39. The summed E-state index contributed by atoms with van der Waals surface area (Å²) in [5, 5.41) is 9.18. The minimum atomic E-state index is -0.933. The number of hydrogen-bond donors (Lipinski definition) is 3. The highest BCUT2D eigenvalue weighted by Gasteiger charge is 2.14. The number of carbonyl (C=O) groups excluding carboxylic acids is 3. The number of hydrazone groups is 1. The number of anilines is 1. The molecule has 2 rings (SSSR count). The Bertz CT molecular complexity index is 898. The van der Waals surface area contributed by atoms with Crippen LogP contribution in [0.25, 0.3) is 0 Å². The van der Waals surface area contributed by atoms with E-state index in [0.717, 1.165) is 0 Å². The fourth-order valence-electron chi connectivity index (χ4n) is 2.12. The number of para-hydroxylation sites is 1. The maximum absolute atomic E-state index is 11.8. The molecule has 0 spiro atoms. The number of ether oxygens (including phenoxy) is 1. The zero-order valence-corrected chi connectivity index (χ0v) is 16.7. The number of nitrogens with zero attached hydrogens (tertiary/aromatic N) is 1. The third-order valence-corrected chi connectivity index (χ3v) is 3.74. The van der Waals surface area contributed by atoms with Gasteiger partial charge in [-0.15, -0.1) is 0 Å². The van der Waals surface area contributed by atoms with Crippen molar-refractivity contribution in [3.05, 3.63) is 59.1 Å². The molecule has 0 radical (unpaired) electrons. The summed E-state index contributed by atoms with van der Waals surface area (Å²) < 4.78 is 5.37. The van der Waals surface area contributed by atoms with Gasteiger partial charge in [-0.3, -0.25) is 14.4 Å². The smallest absolute Gasteiger partial charge is 0.329 e. The lowest BCUT2D eigenvalue weighted by Gasteiger charge is -2.09. The molecule has 152 valence electrons. The second-order valence-corrected chi connectivity index (χ2v) is 6.62. The van der Waals surface area contributed by atoms with E-state index in [0.29, 0.717) is 22.0 Å². The van der Waals surface area contributed by atoms with Crippen LogP contribution in [0.3, 0.4) is 0 Å². The number of rotatable bonds is 7. The molecule has 2 aromatic rings. The number of benzene rings is 2. The molecule has 0 bridgehead atoms. The number of nitrogens with one attached hydrogen (secondary N) is 3. The molecule has 3 N–H and O–H groups in total. The van der Waals surface area contributed by atoms with Gasteiger partial charge in [0.05, 0.1) is 16.9 Å². The molecule has 0 aliphatic rings. The number of halogens is 1. The first-order valence-electron chi connectivity index (χ1n) is 8.76. The van der Waals surface area contributed by atoms with Crippen LogP contribution in [0.1, 0.15) is 19.4 Å². The van der Waals surface area contributed by atoms with Crippen molar-refractivity contribution in [1.82, 2.24) is 10.7 Å². The summed E-state index contributed by atoms with van der Waals surface area (Å²) >= 11 is 5.92. The standard InChI is InChI=1S/C20H21ClN4O4/c1-13(2)23-18(26)12-29-15-9-7-14(8-10-15)11-22-25-20(28)19(27)24-17-6-4-3-5-16(17)21/h3-11,13H,12H2,1-2H3,(H,23,26)(H,24,27)(H,25,28)/b22-11-. The molecular weight excluding hydrogens is 396 g/mol. The summed E-state index contributed by atoms with van der Waals surface area (Å²) in [5.41, 5.74) is 3.13. The van der Waals surface area contributed by atoms with E-state index in [2.05, 4.69) is 21.2 Å². The quantitative estimate of drug-likeness (QED) is 0.365. The molecule has 0 aliphatic carbocycles. The van der Waals surface area contributed by atoms with Gasteiger partial charge in [0.15, 0.2) is 6.61 Å². The van der Waals surface area contributed by atoms with Crippen LogP contribution in [-0.4, -0.2) is 36.6 Å². The Morgan fingerprint density at radius 1 is 1.07 bits per heavy atom. The summed E-state index contributed by atoms with van der Waals surface area (Å²) in [6.07, 6.45) is 1.37. The first kappa shape index (κ1) is 21.9. The predicted molar refractivity (Wildman–Crippen MR) is 111 cm³/mol. The van der Waals surface area contributed by atoms with E-state index in [1.54, 1.807) is 48.5 Å². The highest BCUT2D eigenvalue weighted by molar-refractivity contribution is 6.41. The van der Waals surface area contributed by atoms with Crippen molar-refractivity contribution in [2.24, 2.45) is 5.10 Å². The number of amides is 3. The highest BCUT2D eigenvalue weighted by Crippen LogP contribution is 2.20. The van der Waals surface area contributed by atoms with E-state index in [1.807, 2.05) is 13.8 Å². The molecule has 0 aromatic heterocycles. The van der Waals surface area contributed by atoms with Crippen molar-refractivity contribution in [3.8, 4) is 5.75 Å². The molecule has 29 heavy (non-hydrogen) atoms. The van der Waals surface area contributed by atoms with Gasteiger partial charge in [0.25, 0.3) is 5.91 Å². The summed E-state index contributed by atoms with van der Waals surface area (Å²) in [4.78, 5) is 35.2. The summed E-state index contributed by atoms with van der Waals surface area (Å²) in [6, 6.07) is 13.3. The Balaban J connectivity index is 1.80. The molecule has 0 atom stereocenters. The highest BCUT2D eigenvalue weighted by atomic mass is 35.5. The Morgan fingerprint density at radius 2 is 1.76 bits per heavy atom. The van der Waals surface area contributed by atoms with Gasteiger partial charge in [-0.25, -0.2) is 5.43 Å². The van der Waals surface area contributed by atoms with Gasteiger partial charge in [-0.2, -0.15) is 5.10 Å². The SMILES string of the molecule is CC(C)NC(=O)COc1ccc(/C=N\NC(=O)C(=O)Nc2ccccc2Cl)cc1. The summed E-state index contributed by atoms with van der Waals surface area (Å²) in [6.45, 7) is 3.65. The van der Waals surface area contributed by atoms with Crippen LogP contribution in [0, 0.1) is 0 Å². The zero-order chi connectivity index (χ0) is 21.2. The fraction of sp³-hybridized carbons (Fsp3) is 0.200. The minimum absolute atomic E-state index is 0.0478. The van der Waals surface area contributed by atoms with Crippen LogP contribution in [0.4, 0.5) is 5.69 Å². The van der Waals surface area contributed by atoms with E-state index in [1.165, 1.54) is 6.21 Å². The second kappa shape index (κ2) is 10.8. The summed E-state index contributed by atoms with van der Waals surface area (Å²) in [7, 11) is 0. The fourth-order valence-corrected chi connectivity index (χ4v) is 2.30. The monoisotopic (exact) mass is 416 g/mol. The van der Waals surface area contributed by atoms with Gasteiger partial charge in [0.2, 0.25) is 0 Å². The topological polar surface area (TPSA) is 109 Å². The van der Waals surface area contributed by atoms with E-state index >= 15 is 0 Å². The molecule has 0 saturated heterocycles. The predicted octanol–water partition coefficient (Wildman–Crippen LogP) is 2.33. The second-order valence-electron chi connectivity index (χ2n) is 6.21. The largest absolute Gasteiger partial charge is 0.484 e.